The summed E-state index contributed by atoms with van der Waals surface area (Å²) in [7, 11) is 1.58. The fourth-order valence-electron chi connectivity index (χ4n) is 5.02. The molecule has 1 saturated carbocycles. The monoisotopic (exact) mass is 497 g/mol. The molecule has 1 fully saturated rings. The average Bonchev–Trinajstić information content (AvgIpc) is 3.35. The summed E-state index contributed by atoms with van der Waals surface area (Å²) >= 11 is 0. The van der Waals surface area contributed by atoms with Crippen LogP contribution in [0.25, 0.3) is 11.0 Å². The Balaban J connectivity index is 1.56. The van der Waals surface area contributed by atoms with Crippen LogP contribution in [0.4, 0.5) is 5.69 Å². The van der Waals surface area contributed by atoms with Gasteiger partial charge < -0.3 is 10.1 Å². The van der Waals surface area contributed by atoms with E-state index in [2.05, 4.69) is 15.6 Å². The van der Waals surface area contributed by atoms with E-state index in [1.54, 1.807) is 22.8 Å². The Morgan fingerprint density at radius 2 is 1.76 bits per heavy atom. The van der Waals surface area contributed by atoms with E-state index in [4.69, 9.17) is 4.74 Å². The van der Waals surface area contributed by atoms with Crippen molar-refractivity contribution in [2.75, 3.05) is 12.0 Å². The van der Waals surface area contributed by atoms with Crippen molar-refractivity contribution in [3.05, 3.63) is 84.4 Å². The first-order valence-electron chi connectivity index (χ1n) is 12.7. The first-order chi connectivity index (χ1) is 18.1. The summed E-state index contributed by atoms with van der Waals surface area (Å²) in [6, 6.07) is 23.4. The third-order valence-electron chi connectivity index (χ3n) is 6.88. The molecule has 1 aliphatic carbocycles. The number of benzene rings is 3. The van der Waals surface area contributed by atoms with E-state index < -0.39 is 6.04 Å². The molecule has 2 amide bonds. The minimum absolute atomic E-state index is 0.0717. The Hall–Kier alpha value is -4.20. The smallest absolute Gasteiger partial charge is 0.249 e. The molecule has 190 valence electrons. The van der Waals surface area contributed by atoms with E-state index in [0.29, 0.717) is 17.0 Å². The van der Waals surface area contributed by atoms with Crippen LogP contribution in [0.5, 0.6) is 5.75 Å². The summed E-state index contributed by atoms with van der Waals surface area (Å²) in [5.41, 5.74) is 2.76. The van der Waals surface area contributed by atoms with Crippen molar-refractivity contribution < 1.29 is 14.3 Å². The van der Waals surface area contributed by atoms with E-state index >= 15 is 0 Å². The average molecular weight is 498 g/mol. The molecule has 3 aromatic carbocycles. The third kappa shape index (κ3) is 5.48. The number of hydrogen-bond acceptors (Lipinski definition) is 5. The summed E-state index contributed by atoms with van der Waals surface area (Å²) in [6.45, 7) is -0.0717. The third-order valence-corrected chi connectivity index (χ3v) is 6.88. The number of rotatable bonds is 8. The largest absolute Gasteiger partial charge is 0.497 e. The van der Waals surface area contributed by atoms with Gasteiger partial charge in [0, 0.05) is 17.8 Å². The highest BCUT2D eigenvalue weighted by molar-refractivity contribution is 6.01. The molecular formula is C29H31N5O3. The number of aromatic nitrogens is 3. The molecule has 8 heteroatoms. The topological polar surface area (TPSA) is 89.3 Å². The molecule has 0 saturated heterocycles. The van der Waals surface area contributed by atoms with Crippen LogP contribution in [-0.2, 0) is 16.1 Å². The molecule has 1 heterocycles. The number of anilines is 1. The lowest BCUT2D eigenvalue weighted by Gasteiger charge is -2.33. The molecule has 0 aliphatic heterocycles. The number of para-hydroxylation sites is 1. The Morgan fingerprint density at radius 1 is 1.00 bits per heavy atom. The number of fused-ring (bicyclic) bond motifs is 1. The SMILES string of the molecule is COc1cccc(N(C(=O)Cn2nnc3ccccc32)[C@@H](C(=O)NC2CCCCC2)c2ccccc2)c1. The van der Waals surface area contributed by atoms with Gasteiger partial charge in [-0.1, -0.05) is 73.0 Å². The van der Waals surface area contributed by atoms with Crippen LogP contribution >= 0.6 is 0 Å². The highest BCUT2D eigenvalue weighted by atomic mass is 16.5. The number of nitrogens with one attached hydrogen (secondary N) is 1. The van der Waals surface area contributed by atoms with Gasteiger partial charge >= 0.3 is 0 Å². The number of methoxy groups -OCH3 is 1. The predicted molar refractivity (Wildman–Crippen MR) is 142 cm³/mol. The van der Waals surface area contributed by atoms with Gasteiger partial charge in [-0.05, 0) is 42.7 Å². The molecule has 0 spiro atoms. The molecule has 37 heavy (non-hydrogen) atoms. The van der Waals surface area contributed by atoms with Crippen LogP contribution in [0, 0.1) is 0 Å². The molecule has 1 N–H and O–H groups in total. The maximum absolute atomic E-state index is 14.1. The summed E-state index contributed by atoms with van der Waals surface area (Å²) < 4.78 is 7.02. The predicted octanol–water partition coefficient (Wildman–Crippen LogP) is 4.66. The van der Waals surface area contributed by atoms with E-state index in [1.807, 2.05) is 72.8 Å². The van der Waals surface area contributed by atoms with Crippen molar-refractivity contribution >= 4 is 28.5 Å². The normalized spacial score (nSPS) is 14.7. The van der Waals surface area contributed by atoms with Gasteiger partial charge in [0.05, 0.1) is 12.6 Å². The van der Waals surface area contributed by atoms with Gasteiger partial charge in [0.25, 0.3) is 0 Å². The Kier molecular flexibility index (Phi) is 7.44. The van der Waals surface area contributed by atoms with Crippen molar-refractivity contribution in [3.8, 4) is 5.75 Å². The molecule has 4 aromatic rings. The molecule has 1 aliphatic rings. The van der Waals surface area contributed by atoms with Crippen molar-refractivity contribution in [2.45, 2.75) is 50.7 Å². The van der Waals surface area contributed by atoms with Gasteiger partial charge in [-0.15, -0.1) is 5.10 Å². The van der Waals surface area contributed by atoms with Crippen LogP contribution in [0.15, 0.2) is 78.9 Å². The lowest BCUT2D eigenvalue weighted by Crippen LogP contribution is -2.48. The fourth-order valence-corrected chi connectivity index (χ4v) is 5.02. The van der Waals surface area contributed by atoms with Gasteiger partial charge in [0.2, 0.25) is 11.8 Å². The molecule has 1 aromatic heterocycles. The second kappa shape index (κ2) is 11.2. The zero-order valence-electron chi connectivity index (χ0n) is 20.9. The minimum atomic E-state index is -0.863. The number of carbonyl (C=O) groups is 2. The standard InChI is InChI=1S/C29H31N5O3/c1-37-24-16-10-15-23(19-24)34(27(35)20-33-26-18-9-8-17-25(26)31-32-33)28(21-11-4-2-5-12-21)29(36)30-22-13-6-3-7-14-22/h2,4-5,8-12,15-19,22,28H,3,6-7,13-14,20H2,1H3,(H,30,36)/t28-/m1/s1. The number of amides is 2. The summed E-state index contributed by atoms with van der Waals surface area (Å²) in [5.74, 6) is 0.121. The highest BCUT2D eigenvalue weighted by Gasteiger charge is 2.34. The van der Waals surface area contributed by atoms with E-state index in [1.165, 1.54) is 6.42 Å². The fraction of sp³-hybridized carbons (Fsp3) is 0.310. The quantitative estimate of drug-likeness (QED) is 0.382. The van der Waals surface area contributed by atoms with Gasteiger partial charge in [-0.3, -0.25) is 14.5 Å². The summed E-state index contributed by atoms with van der Waals surface area (Å²) in [4.78, 5) is 29.6. The lowest BCUT2D eigenvalue weighted by molar-refractivity contribution is -0.127. The Morgan fingerprint density at radius 3 is 2.54 bits per heavy atom. The Bertz CT molecular complexity index is 1360. The van der Waals surface area contributed by atoms with Crippen molar-refractivity contribution in [3.63, 3.8) is 0 Å². The summed E-state index contributed by atoms with van der Waals surface area (Å²) in [5, 5.41) is 11.6. The van der Waals surface area contributed by atoms with E-state index in [9.17, 15) is 9.59 Å². The lowest BCUT2D eigenvalue weighted by atomic mass is 9.94. The van der Waals surface area contributed by atoms with Crippen LogP contribution in [0.1, 0.15) is 43.7 Å². The van der Waals surface area contributed by atoms with Crippen molar-refractivity contribution in [1.29, 1.82) is 0 Å². The maximum Gasteiger partial charge on any atom is 0.249 e. The van der Waals surface area contributed by atoms with Crippen LogP contribution in [0.2, 0.25) is 0 Å². The van der Waals surface area contributed by atoms with Crippen LogP contribution in [0.3, 0.4) is 0 Å². The van der Waals surface area contributed by atoms with Crippen molar-refractivity contribution in [2.24, 2.45) is 0 Å². The van der Waals surface area contributed by atoms with Crippen LogP contribution < -0.4 is 15.0 Å². The van der Waals surface area contributed by atoms with Crippen LogP contribution in [-0.4, -0.2) is 40.0 Å². The second-order valence-electron chi connectivity index (χ2n) is 9.36. The second-order valence-corrected chi connectivity index (χ2v) is 9.36. The van der Waals surface area contributed by atoms with Gasteiger partial charge in [-0.2, -0.15) is 0 Å². The molecule has 0 bridgehead atoms. The molecule has 5 rings (SSSR count). The number of ether oxygens (including phenoxy) is 1. The number of nitrogens with zero attached hydrogens (tertiary/aromatic N) is 4. The van der Waals surface area contributed by atoms with Gasteiger partial charge in [0.15, 0.2) is 0 Å². The summed E-state index contributed by atoms with van der Waals surface area (Å²) in [6.07, 6.45) is 5.28. The van der Waals surface area contributed by atoms with E-state index in [-0.39, 0.29) is 24.4 Å². The van der Waals surface area contributed by atoms with Gasteiger partial charge in [0.1, 0.15) is 23.9 Å². The minimum Gasteiger partial charge on any atom is -0.497 e. The molecule has 0 radical (unpaired) electrons. The number of carbonyl (C=O) groups excluding carboxylic acids is 2. The van der Waals surface area contributed by atoms with E-state index in [0.717, 1.165) is 36.8 Å². The zero-order chi connectivity index (χ0) is 25.6. The zero-order valence-corrected chi connectivity index (χ0v) is 20.9. The highest BCUT2D eigenvalue weighted by Crippen LogP contribution is 2.31. The maximum atomic E-state index is 14.1. The van der Waals surface area contributed by atoms with Crippen molar-refractivity contribution in [1.82, 2.24) is 20.3 Å². The van der Waals surface area contributed by atoms with Gasteiger partial charge in [-0.25, -0.2) is 4.68 Å². The molecule has 8 nitrogen and oxygen atoms in total. The first-order valence-corrected chi connectivity index (χ1v) is 12.7. The molecular weight excluding hydrogens is 466 g/mol. The Labute approximate surface area is 216 Å². The number of hydrogen-bond donors (Lipinski definition) is 1. The molecule has 0 unspecified atom stereocenters. The molecule has 1 atom stereocenters. The first kappa shape index (κ1) is 24.5.